The summed E-state index contributed by atoms with van der Waals surface area (Å²) in [6.07, 6.45) is 1.35. The zero-order valence-electron chi connectivity index (χ0n) is 8.77. The van der Waals surface area contributed by atoms with E-state index in [1.54, 1.807) is 12.7 Å². The van der Waals surface area contributed by atoms with E-state index < -0.39 is 13.5 Å². The second-order valence-electron chi connectivity index (χ2n) is 3.36. The predicted octanol–water partition coefficient (Wildman–Crippen LogP) is 1.99. The molecule has 0 aromatic heterocycles. The maximum atomic E-state index is 11.7. The van der Waals surface area contributed by atoms with Gasteiger partial charge in [0.15, 0.2) is 7.37 Å². The largest absolute Gasteiger partial charge is 0.378 e. The second-order valence-corrected chi connectivity index (χ2v) is 6.09. The molecule has 2 atom stereocenters. The number of aliphatic hydroxyl groups excluding tert-OH is 1. The lowest BCUT2D eigenvalue weighted by molar-refractivity contribution is 0.223. The summed E-state index contributed by atoms with van der Waals surface area (Å²) in [7, 11) is -2.60. The molecule has 5 heteroatoms. The quantitative estimate of drug-likeness (QED) is 0.404. The standard InChI is InChI=1S/C9H18NO3P/c1-3-4-6-13-14(2,12)7-5-9(11)8-10/h9,11H,3-7H2,1-2H3/t9-,14-/m0/s1. The minimum absolute atomic E-state index is 0.219. The molecule has 0 aliphatic carbocycles. The fourth-order valence-electron chi connectivity index (χ4n) is 0.888. The fourth-order valence-corrected chi connectivity index (χ4v) is 2.25. The van der Waals surface area contributed by atoms with Gasteiger partial charge in [-0.25, -0.2) is 0 Å². The Hall–Kier alpha value is -0.360. The molecule has 0 spiro atoms. The molecule has 0 radical (unpaired) electrons. The minimum Gasteiger partial charge on any atom is -0.378 e. The van der Waals surface area contributed by atoms with Crippen molar-refractivity contribution in [2.45, 2.75) is 32.3 Å². The third kappa shape index (κ3) is 7.08. The average molecular weight is 219 g/mol. The van der Waals surface area contributed by atoms with Crippen LogP contribution in [0.4, 0.5) is 0 Å². The van der Waals surface area contributed by atoms with Crippen LogP contribution in [0.25, 0.3) is 0 Å². The van der Waals surface area contributed by atoms with Crippen LogP contribution in [0.5, 0.6) is 0 Å². The highest BCUT2D eigenvalue weighted by atomic mass is 31.2. The lowest BCUT2D eigenvalue weighted by Crippen LogP contribution is -2.06. The van der Waals surface area contributed by atoms with Crippen LogP contribution in [0.2, 0.25) is 0 Å². The molecule has 0 aliphatic rings. The van der Waals surface area contributed by atoms with Crippen LogP contribution >= 0.6 is 7.37 Å². The summed E-state index contributed by atoms with van der Waals surface area (Å²) < 4.78 is 16.9. The molecule has 0 rings (SSSR count). The van der Waals surface area contributed by atoms with Gasteiger partial charge in [-0.1, -0.05) is 13.3 Å². The molecule has 82 valence electrons. The van der Waals surface area contributed by atoms with Gasteiger partial charge in [-0.2, -0.15) is 5.26 Å². The molecule has 0 aromatic rings. The van der Waals surface area contributed by atoms with Gasteiger partial charge in [-0.15, -0.1) is 0 Å². The SMILES string of the molecule is CCCCO[P@](C)(=O)CC[C@H](O)C#N. The van der Waals surface area contributed by atoms with Crippen molar-refractivity contribution in [3.05, 3.63) is 0 Å². The number of nitriles is 1. The topological polar surface area (TPSA) is 70.3 Å². The summed E-state index contributed by atoms with van der Waals surface area (Å²) in [4.78, 5) is 0. The Bertz CT molecular complexity index is 237. The van der Waals surface area contributed by atoms with E-state index in [4.69, 9.17) is 14.9 Å². The molecular weight excluding hydrogens is 201 g/mol. The van der Waals surface area contributed by atoms with Crippen LogP contribution in [0.1, 0.15) is 26.2 Å². The Balaban J connectivity index is 3.73. The molecule has 14 heavy (non-hydrogen) atoms. The van der Waals surface area contributed by atoms with Crippen molar-refractivity contribution in [3.63, 3.8) is 0 Å². The van der Waals surface area contributed by atoms with Crippen molar-refractivity contribution in [2.75, 3.05) is 19.4 Å². The van der Waals surface area contributed by atoms with Crippen molar-refractivity contribution >= 4 is 7.37 Å². The van der Waals surface area contributed by atoms with Gasteiger partial charge in [-0.3, -0.25) is 4.57 Å². The fraction of sp³-hybridized carbons (Fsp3) is 0.889. The van der Waals surface area contributed by atoms with Crippen LogP contribution in [-0.2, 0) is 9.09 Å². The highest BCUT2D eigenvalue weighted by Crippen LogP contribution is 2.43. The molecule has 1 N–H and O–H groups in total. The first-order valence-electron chi connectivity index (χ1n) is 4.80. The van der Waals surface area contributed by atoms with E-state index in [9.17, 15) is 4.57 Å². The molecule has 0 aliphatic heterocycles. The normalized spacial score (nSPS) is 17.0. The minimum atomic E-state index is -2.60. The molecule has 0 unspecified atom stereocenters. The summed E-state index contributed by atoms with van der Waals surface area (Å²) in [6, 6.07) is 1.68. The first-order chi connectivity index (χ1) is 6.52. The lowest BCUT2D eigenvalue weighted by atomic mass is 10.3. The Labute approximate surface area is 85.3 Å². The van der Waals surface area contributed by atoms with Crippen molar-refractivity contribution in [1.29, 1.82) is 5.26 Å². The van der Waals surface area contributed by atoms with E-state index in [2.05, 4.69) is 0 Å². The Kier molecular flexibility index (Phi) is 6.82. The molecule has 0 saturated heterocycles. The van der Waals surface area contributed by atoms with E-state index in [1.807, 2.05) is 6.92 Å². The Morgan fingerprint density at radius 1 is 1.64 bits per heavy atom. The second kappa shape index (κ2) is 7.00. The Morgan fingerprint density at radius 2 is 2.29 bits per heavy atom. The van der Waals surface area contributed by atoms with E-state index in [0.717, 1.165) is 12.8 Å². The van der Waals surface area contributed by atoms with E-state index in [1.165, 1.54) is 0 Å². The maximum Gasteiger partial charge on any atom is 0.200 e. The lowest BCUT2D eigenvalue weighted by Gasteiger charge is -2.13. The first-order valence-corrected chi connectivity index (χ1v) is 7.06. The molecular formula is C9H18NO3P. The molecule has 0 heterocycles. The smallest absolute Gasteiger partial charge is 0.200 e. The van der Waals surface area contributed by atoms with Crippen molar-refractivity contribution in [2.24, 2.45) is 0 Å². The number of unbranched alkanes of at least 4 members (excludes halogenated alkanes) is 1. The van der Waals surface area contributed by atoms with Crippen molar-refractivity contribution < 1.29 is 14.2 Å². The maximum absolute atomic E-state index is 11.7. The summed E-state index contributed by atoms with van der Waals surface area (Å²) in [6.45, 7) is 4.07. The third-order valence-electron chi connectivity index (χ3n) is 1.82. The van der Waals surface area contributed by atoms with Crippen LogP contribution in [0.15, 0.2) is 0 Å². The van der Waals surface area contributed by atoms with Gasteiger partial charge in [0.05, 0.1) is 12.7 Å². The predicted molar refractivity (Wildman–Crippen MR) is 55.5 cm³/mol. The van der Waals surface area contributed by atoms with Gasteiger partial charge in [-0.05, 0) is 12.8 Å². The molecule has 0 bridgehead atoms. The van der Waals surface area contributed by atoms with Crippen molar-refractivity contribution in [1.82, 2.24) is 0 Å². The highest BCUT2D eigenvalue weighted by molar-refractivity contribution is 7.58. The zero-order chi connectivity index (χ0) is 11.0. The van der Waals surface area contributed by atoms with Crippen LogP contribution in [-0.4, -0.2) is 30.6 Å². The molecule has 0 aromatic carbocycles. The van der Waals surface area contributed by atoms with E-state index in [-0.39, 0.29) is 12.6 Å². The first kappa shape index (κ1) is 13.6. The van der Waals surface area contributed by atoms with Gasteiger partial charge in [0.1, 0.15) is 6.10 Å². The highest BCUT2D eigenvalue weighted by Gasteiger charge is 2.17. The number of aliphatic hydroxyl groups is 1. The molecule has 0 fully saturated rings. The summed E-state index contributed by atoms with van der Waals surface area (Å²) >= 11 is 0. The molecule has 0 saturated carbocycles. The summed E-state index contributed by atoms with van der Waals surface area (Å²) in [5.74, 6) is 0. The number of rotatable bonds is 7. The van der Waals surface area contributed by atoms with Gasteiger partial charge in [0, 0.05) is 12.8 Å². The summed E-state index contributed by atoms with van der Waals surface area (Å²) in [5.41, 5.74) is 0. The van der Waals surface area contributed by atoms with Gasteiger partial charge in [0.2, 0.25) is 0 Å². The Morgan fingerprint density at radius 3 is 2.79 bits per heavy atom. The van der Waals surface area contributed by atoms with Crippen LogP contribution < -0.4 is 0 Å². The van der Waals surface area contributed by atoms with Gasteiger partial charge < -0.3 is 9.63 Å². The zero-order valence-corrected chi connectivity index (χ0v) is 9.67. The van der Waals surface area contributed by atoms with Crippen LogP contribution in [0, 0.1) is 11.3 Å². The molecule has 4 nitrogen and oxygen atoms in total. The summed E-state index contributed by atoms with van der Waals surface area (Å²) in [5, 5.41) is 17.3. The van der Waals surface area contributed by atoms with Crippen LogP contribution in [0.3, 0.4) is 0 Å². The average Bonchev–Trinajstić information content (AvgIpc) is 2.14. The monoisotopic (exact) mass is 219 g/mol. The van der Waals surface area contributed by atoms with Gasteiger partial charge >= 0.3 is 0 Å². The van der Waals surface area contributed by atoms with E-state index in [0.29, 0.717) is 6.61 Å². The third-order valence-corrected chi connectivity index (χ3v) is 3.62. The number of nitrogens with zero attached hydrogens (tertiary/aromatic N) is 1. The number of hydrogen-bond donors (Lipinski definition) is 1. The van der Waals surface area contributed by atoms with Gasteiger partial charge in [0.25, 0.3) is 0 Å². The van der Waals surface area contributed by atoms with Crippen molar-refractivity contribution in [3.8, 4) is 6.07 Å². The number of hydrogen-bond acceptors (Lipinski definition) is 4. The molecule has 0 amide bonds. The van der Waals surface area contributed by atoms with E-state index >= 15 is 0 Å².